The van der Waals surface area contributed by atoms with Crippen LogP contribution in [0.25, 0.3) is 0 Å². The Hall–Kier alpha value is -1.31. The molecule has 0 spiro atoms. The van der Waals surface area contributed by atoms with E-state index in [1.807, 2.05) is 23.4 Å². The van der Waals surface area contributed by atoms with Gasteiger partial charge in [0, 0.05) is 28.8 Å². The predicted molar refractivity (Wildman–Crippen MR) is 83.7 cm³/mol. The molecule has 2 saturated carbocycles. The molecular weight excluding hydrogens is 282 g/mol. The molecule has 2 aliphatic carbocycles. The first-order chi connectivity index (χ1) is 10.2. The highest BCUT2D eigenvalue weighted by Gasteiger charge is 2.43. The maximum Gasteiger partial charge on any atom is 0.226 e. The first-order valence-electron chi connectivity index (χ1n) is 7.59. The summed E-state index contributed by atoms with van der Waals surface area (Å²) in [7, 11) is 1.91. The zero-order valence-corrected chi connectivity index (χ0v) is 13.2. The number of rotatable bonds is 3. The highest BCUT2D eigenvalue weighted by atomic mass is 32.1. The minimum Gasteiger partial charge on any atom is -0.384 e. The van der Waals surface area contributed by atoms with Gasteiger partial charge >= 0.3 is 0 Å². The average molecular weight is 303 g/mol. The van der Waals surface area contributed by atoms with Crippen LogP contribution in [-0.2, 0) is 11.3 Å². The summed E-state index contributed by atoms with van der Waals surface area (Å²) in [6.45, 7) is 0.548. The number of amides is 1. The summed E-state index contributed by atoms with van der Waals surface area (Å²) >= 11 is 1.63. The van der Waals surface area contributed by atoms with Crippen molar-refractivity contribution < 1.29 is 9.90 Å². The van der Waals surface area contributed by atoms with E-state index in [0.717, 1.165) is 22.8 Å². The summed E-state index contributed by atoms with van der Waals surface area (Å²) in [5.74, 6) is 7.58. The van der Waals surface area contributed by atoms with Crippen LogP contribution in [0.15, 0.2) is 11.4 Å². The lowest BCUT2D eigenvalue weighted by atomic mass is 9.88. The maximum absolute atomic E-state index is 12.6. The molecule has 1 N–H and O–H groups in total. The Morgan fingerprint density at radius 1 is 1.48 bits per heavy atom. The third-order valence-corrected chi connectivity index (χ3v) is 5.71. The third kappa shape index (κ3) is 3.14. The molecule has 3 atom stereocenters. The second kappa shape index (κ2) is 6.21. The molecule has 1 heterocycles. The van der Waals surface area contributed by atoms with E-state index in [1.54, 1.807) is 11.3 Å². The summed E-state index contributed by atoms with van der Waals surface area (Å²) in [5, 5.41) is 10.7. The number of hydrogen-bond donors (Lipinski definition) is 1. The smallest absolute Gasteiger partial charge is 0.226 e. The van der Waals surface area contributed by atoms with Crippen molar-refractivity contribution in [2.75, 3.05) is 13.7 Å². The lowest BCUT2D eigenvalue weighted by molar-refractivity contribution is -0.136. The maximum atomic E-state index is 12.6. The van der Waals surface area contributed by atoms with Gasteiger partial charge in [-0.2, -0.15) is 0 Å². The number of aliphatic hydroxyl groups is 1. The van der Waals surface area contributed by atoms with Crippen LogP contribution < -0.4 is 0 Å². The molecule has 2 bridgehead atoms. The Kier molecular flexibility index (Phi) is 4.32. The minimum absolute atomic E-state index is 0.117. The predicted octanol–water partition coefficient (Wildman–Crippen LogP) is 2.49. The van der Waals surface area contributed by atoms with Crippen molar-refractivity contribution in [2.24, 2.45) is 17.8 Å². The summed E-state index contributed by atoms with van der Waals surface area (Å²) < 4.78 is 0. The molecule has 21 heavy (non-hydrogen) atoms. The quantitative estimate of drug-likeness (QED) is 0.872. The van der Waals surface area contributed by atoms with Gasteiger partial charge in [0.05, 0.1) is 6.54 Å². The van der Waals surface area contributed by atoms with Crippen LogP contribution in [0.4, 0.5) is 0 Å². The zero-order valence-electron chi connectivity index (χ0n) is 12.3. The number of fused-ring (bicyclic) bond motifs is 2. The highest BCUT2D eigenvalue weighted by molar-refractivity contribution is 7.10. The van der Waals surface area contributed by atoms with E-state index in [2.05, 4.69) is 11.8 Å². The van der Waals surface area contributed by atoms with Gasteiger partial charge in [-0.3, -0.25) is 4.79 Å². The molecule has 1 amide bonds. The molecule has 1 aromatic heterocycles. The van der Waals surface area contributed by atoms with Gasteiger partial charge in [-0.25, -0.2) is 0 Å². The number of carbonyl (C=O) groups is 1. The number of aliphatic hydroxyl groups excluding tert-OH is 1. The second-order valence-electron chi connectivity index (χ2n) is 6.24. The molecule has 0 radical (unpaired) electrons. The fourth-order valence-electron chi connectivity index (χ4n) is 3.81. The van der Waals surface area contributed by atoms with Gasteiger partial charge in [0.1, 0.15) is 6.61 Å². The van der Waals surface area contributed by atoms with Gasteiger partial charge in [-0.05, 0) is 37.2 Å². The van der Waals surface area contributed by atoms with Crippen molar-refractivity contribution >= 4 is 17.2 Å². The second-order valence-corrected chi connectivity index (χ2v) is 7.23. The summed E-state index contributed by atoms with van der Waals surface area (Å²) in [5.41, 5.74) is 0.921. The monoisotopic (exact) mass is 303 g/mol. The average Bonchev–Trinajstić information content (AvgIpc) is 3.20. The van der Waals surface area contributed by atoms with Crippen LogP contribution in [0.2, 0.25) is 0 Å². The van der Waals surface area contributed by atoms with Crippen molar-refractivity contribution in [1.82, 2.24) is 4.90 Å². The molecule has 112 valence electrons. The fraction of sp³-hybridized carbons (Fsp3) is 0.588. The van der Waals surface area contributed by atoms with Crippen LogP contribution in [0.1, 0.15) is 36.1 Å². The molecule has 2 aliphatic rings. The minimum atomic E-state index is -0.117. The number of hydrogen-bond acceptors (Lipinski definition) is 3. The van der Waals surface area contributed by atoms with E-state index in [1.165, 1.54) is 19.3 Å². The van der Waals surface area contributed by atoms with Gasteiger partial charge in [-0.1, -0.05) is 18.3 Å². The first-order valence-corrected chi connectivity index (χ1v) is 8.47. The molecule has 0 saturated heterocycles. The molecule has 0 aliphatic heterocycles. The van der Waals surface area contributed by atoms with Crippen molar-refractivity contribution in [3.05, 3.63) is 21.9 Å². The Bertz CT molecular complexity index is 583. The van der Waals surface area contributed by atoms with Gasteiger partial charge in [-0.15, -0.1) is 11.3 Å². The van der Waals surface area contributed by atoms with Gasteiger partial charge in [0.2, 0.25) is 5.91 Å². The molecular formula is C17H21NO2S. The number of thiophene rings is 1. The van der Waals surface area contributed by atoms with Gasteiger partial charge < -0.3 is 10.0 Å². The Morgan fingerprint density at radius 3 is 3.00 bits per heavy atom. The van der Waals surface area contributed by atoms with Crippen molar-refractivity contribution in [3.8, 4) is 11.8 Å². The van der Waals surface area contributed by atoms with Crippen LogP contribution in [0, 0.1) is 29.6 Å². The van der Waals surface area contributed by atoms with Crippen molar-refractivity contribution in [1.29, 1.82) is 0 Å². The van der Waals surface area contributed by atoms with E-state index in [-0.39, 0.29) is 12.5 Å². The lowest BCUT2D eigenvalue weighted by Crippen LogP contribution is -2.34. The van der Waals surface area contributed by atoms with E-state index in [9.17, 15) is 4.79 Å². The van der Waals surface area contributed by atoms with Crippen LogP contribution in [0.5, 0.6) is 0 Å². The van der Waals surface area contributed by atoms with E-state index < -0.39 is 0 Å². The zero-order chi connectivity index (χ0) is 14.8. The molecule has 1 aromatic rings. The SMILES string of the molecule is CN(Cc1cc(C#CCO)cs1)C(=O)C1CC2CCC1C2. The van der Waals surface area contributed by atoms with Crippen LogP contribution in [-0.4, -0.2) is 29.6 Å². The molecule has 0 aromatic carbocycles. The van der Waals surface area contributed by atoms with Crippen LogP contribution >= 0.6 is 11.3 Å². The molecule has 3 unspecified atom stereocenters. The van der Waals surface area contributed by atoms with E-state index in [0.29, 0.717) is 18.4 Å². The first kappa shape index (κ1) is 14.6. The topological polar surface area (TPSA) is 40.5 Å². The Labute approximate surface area is 130 Å². The van der Waals surface area contributed by atoms with Gasteiger partial charge in [0.25, 0.3) is 0 Å². The molecule has 3 rings (SSSR count). The number of carbonyl (C=O) groups excluding carboxylic acids is 1. The van der Waals surface area contributed by atoms with Gasteiger partial charge in [0.15, 0.2) is 0 Å². The molecule has 2 fully saturated rings. The Balaban J connectivity index is 1.59. The summed E-state index contributed by atoms with van der Waals surface area (Å²) in [6.07, 6.45) is 4.94. The molecule has 4 heteroatoms. The lowest BCUT2D eigenvalue weighted by Gasteiger charge is -2.26. The Morgan fingerprint density at radius 2 is 2.33 bits per heavy atom. The van der Waals surface area contributed by atoms with Crippen molar-refractivity contribution in [3.63, 3.8) is 0 Å². The largest absolute Gasteiger partial charge is 0.384 e. The summed E-state index contributed by atoms with van der Waals surface area (Å²) in [4.78, 5) is 15.6. The highest BCUT2D eigenvalue weighted by Crippen LogP contribution is 2.48. The number of nitrogens with zero attached hydrogens (tertiary/aromatic N) is 1. The standard InChI is InChI=1S/C17H21NO2S/c1-18(10-15-8-13(11-21-15)3-2-6-19)17(20)16-9-12-4-5-14(16)7-12/h8,11-12,14,16,19H,4-7,9-10H2,1H3. The molecule has 3 nitrogen and oxygen atoms in total. The third-order valence-electron chi connectivity index (χ3n) is 4.79. The van der Waals surface area contributed by atoms with E-state index in [4.69, 9.17) is 5.11 Å². The normalized spacial score (nSPS) is 26.5. The van der Waals surface area contributed by atoms with Crippen LogP contribution in [0.3, 0.4) is 0 Å². The fourth-order valence-corrected chi connectivity index (χ4v) is 4.68. The summed E-state index contributed by atoms with van der Waals surface area (Å²) in [6, 6.07) is 2.01. The van der Waals surface area contributed by atoms with Crippen molar-refractivity contribution in [2.45, 2.75) is 32.2 Å². The van der Waals surface area contributed by atoms with E-state index >= 15 is 0 Å².